The van der Waals surface area contributed by atoms with Crippen LogP contribution in [0.1, 0.15) is 6.42 Å². The Labute approximate surface area is 164 Å². The zero-order valence-corrected chi connectivity index (χ0v) is 16.8. The van der Waals surface area contributed by atoms with Gasteiger partial charge in [-0.1, -0.05) is 0 Å². The van der Waals surface area contributed by atoms with Crippen LogP contribution in [0.4, 0.5) is 18.9 Å². The van der Waals surface area contributed by atoms with E-state index in [0.29, 0.717) is 26.2 Å². The van der Waals surface area contributed by atoms with Crippen molar-refractivity contribution in [2.75, 3.05) is 44.4 Å². The van der Waals surface area contributed by atoms with Crippen molar-refractivity contribution in [3.63, 3.8) is 0 Å². The summed E-state index contributed by atoms with van der Waals surface area (Å²) in [6.45, 7) is 1.85. The van der Waals surface area contributed by atoms with E-state index in [0.717, 1.165) is 12.1 Å². The molecule has 1 amide bonds. The van der Waals surface area contributed by atoms with Crippen molar-refractivity contribution >= 4 is 38.9 Å². The van der Waals surface area contributed by atoms with Gasteiger partial charge in [-0.05, 0) is 24.9 Å². The minimum absolute atomic E-state index is 0.0688. The second kappa shape index (κ2) is 7.97. The molecule has 1 unspecified atom stereocenters. The lowest BCUT2D eigenvalue weighted by atomic mass is 9.93. The van der Waals surface area contributed by atoms with Gasteiger partial charge in [0.25, 0.3) is 0 Å². The number of sulfonamides is 1. The maximum Gasteiger partial charge on any atom is 0.490 e. The number of halogens is 3. The van der Waals surface area contributed by atoms with Crippen molar-refractivity contribution < 1.29 is 36.3 Å². The van der Waals surface area contributed by atoms with E-state index in [1.165, 1.54) is 10.6 Å². The molecular formula is C15H20F3N3O5S2. The van der Waals surface area contributed by atoms with Crippen LogP contribution in [0.15, 0.2) is 16.8 Å². The molecule has 2 aliphatic heterocycles. The van der Waals surface area contributed by atoms with Gasteiger partial charge in [0.1, 0.15) is 0 Å². The number of aliphatic carboxylic acids is 1. The Morgan fingerprint density at radius 2 is 1.93 bits per heavy atom. The van der Waals surface area contributed by atoms with Crippen molar-refractivity contribution in [3.05, 3.63) is 16.8 Å². The molecule has 8 nitrogen and oxygen atoms in total. The number of alkyl halides is 3. The predicted molar refractivity (Wildman–Crippen MR) is 96.8 cm³/mol. The van der Waals surface area contributed by atoms with Gasteiger partial charge in [-0.2, -0.15) is 24.5 Å². The minimum atomic E-state index is -5.08. The number of hydrogen-bond donors (Lipinski definition) is 1. The number of piperazine rings is 1. The number of carboxylic acids is 1. The highest BCUT2D eigenvalue weighted by molar-refractivity contribution is 7.88. The Balaban J connectivity index is 0.000000345. The number of amides is 1. The maximum absolute atomic E-state index is 12.3. The van der Waals surface area contributed by atoms with Crippen molar-refractivity contribution in [2.45, 2.75) is 18.1 Å². The van der Waals surface area contributed by atoms with Crippen molar-refractivity contribution in [2.24, 2.45) is 0 Å². The first-order valence-corrected chi connectivity index (χ1v) is 10.8. The fourth-order valence-corrected chi connectivity index (χ4v) is 4.69. The number of hydrogen-bond acceptors (Lipinski definition) is 6. The van der Waals surface area contributed by atoms with Crippen LogP contribution in [0.25, 0.3) is 0 Å². The molecule has 1 aromatic rings. The molecule has 2 aliphatic rings. The molecule has 13 heteroatoms. The second-order valence-corrected chi connectivity index (χ2v) is 9.45. The van der Waals surface area contributed by atoms with E-state index in [1.54, 1.807) is 16.2 Å². The Kier molecular flexibility index (Phi) is 6.43. The Morgan fingerprint density at radius 1 is 1.32 bits per heavy atom. The summed E-state index contributed by atoms with van der Waals surface area (Å²) in [6, 6.07) is 1.94. The zero-order chi connectivity index (χ0) is 21.3. The van der Waals surface area contributed by atoms with Gasteiger partial charge in [0.15, 0.2) is 0 Å². The summed E-state index contributed by atoms with van der Waals surface area (Å²) in [4.78, 5) is 25.0. The first-order chi connectivity index (χ1) is 12.8. The van der Waals surface area contributed by atoms with Gasteiger partial charge in [-0.25, -0.2) is 17.5 Å². The molecule has 1 spiro atoms. The molecule has 2 fully saturated rings. The molecule has 3 rings (SSSR count). The topological polar surface area (TPSA) is 98.2 Å². The highest BCUT2D eigenvalue weighted by Gasteiger charge is 2.49. The first kappa shape index (κ1) is 22.6. The maximum atomic E-state index is 12.3. The fourth-order valence-electron chi connectivity index (χ4n) is 3.15. The van der Waals surface area contributed by atoms with E-state index in [-0.39, 0.29) is 11.4 Å². The van der Waals surface area contributed by atoms with Gasteiger partial charge in [-0.3, -0.25) is 9.69 Å². The molecule has 1 N–H and O–H groups in total. The first-order valence-electron chi connectivity index (χ1n) is 8.05. The van der Waals surface area contributed by atoms with Crippen LogP contribution in [0.5, 0.6) is 0 Å². The predicted octanol–water partition coefficient (Wildman–Crippen LogP) is 1.06. The lowest BCUT2D eigenvalue weighted by Crippen LogP contribution is -2.64. The van der Waals surface area contributed by atoms with E-state index in [4.69, 9.17) is 9.90 Å². The molecule has 0 radical (unpaired) electrons. The fraction of sp³-hybridized carbons (Fsp3) is 0.600. The Bertz CT molecular complexity index is 828. The SMILES string of the molecule is CN1CC(=O)N(c2ccsc2)CC12CCN(S(C)(=O)=O)C2.O=C(O)C(F)(F)F. The standard InChI is InChI=1S/C13H19N3O3S2.C2HF3O2/c1-14-7-12(17)16(11-3-6-20-8-11)10-13(14)4-5-15(9-13)21(2,18)19;3-2(4,5)1(6)7/h3,6,8H,4-5,7,9-10H2,1-2H3;(H,6,7). The third kappa shape index (κ3) is 5.01. The summed E-state index contributed by atoms with van der Waals surface area (Å²) in [7, 11) is -1.27. The molecule has 0 aliphatic carbocycles. The second-order valence-electron chi connectivity index (χ2n) is 6.69. The van der Waals surface area contributed by atoms with Crippen LogP contribution < -0.4 is 4.90 Å². The van der Waals surface area contributed by atoms with E-state index < -0.39 is 22.2 Å². The van der Waals surface area contributed by atoms with Crippen molar-refractivity contribution in [3.8, 4) is 0 Å². The van der Waals surface area contributed by atoms with E-state index in [1.807, 2.05) is 28.8 Å². The molecule has 3 heterocycles. The van der Waals surface area contributed by atoms with Crippen LogP contribution in [-0.4, -0.2) is 85.8 Å². The highest BCUT2D eigenvalue weighted by Crippen LogP contribution is 2.34. The largest absolute Gasteiger partial charge is 0.490 e. The van der Waals surface area contributed by atoms with Gasteiger partial charge in [0.2, 0.25) is 15.9 Å². The third-order valence-corrected chi connectivity index (χ3v) is 6.68. The third-order valence-electron chi connectivity index (χ3n) is 4.76. The number of rotatable bonds is 2. The highest BCUT2D eigenvalue weighted by atomic mass is 32.2. The van der Waals surface area contributed by atoms with Gasteiger partial charge in [-0.15, -0.1) is 0 Å². The van der Waals surface area contributed by atoms with Crippen LogP contribution in [0.2, 0.25) is 0 Å². The molecule has 0 aromatic carbocycles. The number of nitrogens with zero attached hydrogens (tertiary/aromatic N) is 3. The average Bonchev–Trinajstić information content (AvgIpc) is 3.21. The molecule has 0 bridgehead atoms. The number of carbonyl (C=O) groups excluding carboxylic acids is 1. The molecule has 1 aromatic heterocycles. The minimum Gasteiger partial charge on any atom is -0.475 e. The quantitative estimate of drug-likeness (QED) is 0.734. The summed E-state index contributed by atoms with van der Waals surface area (Å²) in [5.41, 5.74) is 0.633. The molecule has 0 saturated carbocycles. The Morgan fingerprint density at radius 3 is 2.36 bits per heavy atom. The van der Waals surface area contributed by atoms with Crippen LogP contribution in [0, 0.1) is 0 Å². The lowest BCUT2D eigenvalue weighted by molar-refractivity contribution is -0.192. The van der Waals surface area contributed by atoms with Crippen molar-refractivity contribution in [1.29, 1.82) is 0 Å². The lowest BCUT2D eigenvalue weighted by Gasteiger charge is -2.46. The van der Waals surface area contributed by atoms with E-state index in [2.05, 4.69) is 0 Å². The van der Waals surface area contributed by atoms with Crippen LogP contribution >= 0.6 is 11.3 Å². The summed E-state index contributed by atoms with van der Waals surface area (Å²) in [5.74, 6) is -2.69. The molecule has 158 valence electrons. The zero-order valence-electron chi connectivity index (χ0n) is 15.1. The smallest absolute Gasteiger partial charge is 0.475 e. The number of carboxylic acid groups (broad SMARTS) is 1. The van der Waals surface area contributed by atoms with E-state index in [9.17, 15) is 26.4 Å². The molecule has 2 saturated heterocycles. The Hall–Kier alpha value is -1.70. The van der Waals surface area contributed by atoms with Crippen LogP contribution in [0.3, 0.4) is 0 Å². The molecule has 1 atom stereocenters. The van der Waals surface area contributed by atoms with Gasteiger partial charge >= 0.3 is 12.1 Å². The number of carbonyl (C=O) groups is 2. The van der Waals surface area contributed by atoms with Crippen LogP contribution in [-0.2, 0) is 19.6 Å². The average molecular weight is 443 g/mol. The summed E-state index contributed by atoms with van der Waals surface area (Å²) >= 11 is 1.56. The van der Waals surface area contributed by atoms with E-state index >= 15 is 0 Å². The summed E-state index contributed by atoms with van der Waals surface area (Å²) < 4.78 is 56.8. The van der Waals surface area contributed by atoms with Crippen molar-refractivity contribution in [1.82, 2.24) is 9.21 Å². The summed E-state index contributed by atoms with van der Waals surface area (Å²) in [5, 5.41) is 11.0. The number of anilines is 1. The number of thiophene rings is 1. The normalized spacial score (nSPS) is 24.3. The van der Waals surface area contributed by atoms with Gasteiger partial charge < -0.3 is 10.0 Å². The van der Waals surface area contributed by atoms with Gasteiger partial charge in [0, 0.05) is 25.0 Å². The van der Waals surface area contributed by atoms with Gasteiger partial charge in [0.05, 0.1) is 24.0 Å². The molecular weight excluding hydrogens is 423 g/mol. The summed E-state index contributed by atoms with van der Waals surface area (Å²) in [6.07, 6.45) is -3.08. The molecule has 28 heavy (non-hydrogen) atoms. The number of likely N-dealkylation sites (N-methyl/N-ethyl adjacent to an activating group) is 1. The monoisotopic (exact) mass is 443 g/mol.